The van der Waals surface area contributed by atoms with E-state index in [1.165, 1.54) is 0 Å². The van der Waals surface area contributed by atoms with Crippen molar-refractivity contribution in [2.24, 2.45) is 0 Å². The minimum absolute atomic E-state index is 0.130. The standard InChI is InChI=1S/C17H18N2O4/c1-11(12-3-6-14(21-2)7-4-12)18-17(20)19-13-5-8-15-16(9-13)23-10-22-15/h3-9,11H,10H2,1-2H3,(H2,18,19,20). The number of nitrogens with one attached hydrogen (secondary N) is 2. The molecular weight excluding hydrogens is 296 g/mol. The van der Waals surface area contributed by atoms with Crippen molar-refractivity contribution in [1.29, 1.82) is 0 Å². The fourth-order valence-electron chi connectivity index (χ4n) is 2.31. The zero-order chi connectivity index (χ0) is 16.2. The lowest BCUT2D eigenvalue weighted by atomic mass is 10.1. The van der Waals surface area contributed by atoms with Crippen molar-refractivity contribution in [3.63, 3.8) is 0 Å². The quantitative estimate of drug-likeness (QED) is 0.908. The van der Waals surface area contributed by atoms with Gasteiger partial charge in [-0.25, -0.2) is 4.79 Å². The summed E-state index contributed by atoms with van der Waals surface area (Å²) in [5.41, 5.74) is 1.64. The molecule has 120 valence electrons. The highest BCUT2D eigenvalue weighted by atomic mass is 16.7. The van der Waals surface area contributed by atoms with Gasteiger partial charge in [-0.05, 0) is 36.8 Å². The largest absolute Gasteiger partial charge is 0.497 e. The highest BCUT2D eigenvalue weighted by molar-refractivity contribution is 5.90. The predicted molar refractivity (Wildman–Crippen MR) is 86.1 cm³/mol. The first-order valence-electron chi connectivity index (χ1n) is 7.27. The average Bonchev–Trinajstić information content (AvgIpc) is 3.02. The van der Waals surface area contributed by atoms with E-state index in [0.29, 0.717) is 17.2 Å². The summed E-state index contributed by atoms with van der Waals surface area (Å²) >= 11 is 0. The Hall–Kier alpha value is -2.89. The Kier molecular flexibility index (Phi) is 4.23. The topological polar surface area (TPSA) is 68.8 Å². The molecule has 6 nitrogen and oxygen atoms in total. The van der Waals surface area contributed by atoms with Crippen LogP contribution in [0, 0.1) is 0 Å². The Morgan fingerprint density at radius 2 is 1.87 bits per heavy atom. The summed E-state index contributed by atoms with van der Waals surface area (Å²) in [7, 11) is 1.62. The van der Waals surface area contributed by atoms with Gasteiger partial charge >= 0.3 is 6.03 Å². The summed E-state index contributed by atoms with van der Waals surface area (Å²) in [6.07, 6.45) is 0. The molecule has 0 aliphatic carbocycles. The molecule has 2 aromatic rings. The number of amides is 2. The van der Waals surface area contributed by atoms with Crippen LogP contribution in [0.2, 0.25) is 0 Å². The maximum Gasteiger partial charge on any atom is 0.319 e. The van der Waals surface area contributed by atoms with Crippen LogP contribution in [0.15, 0.2) is 42.5 Å². The molecule has 0 radical (unpaired) electrons. The first kappa shape index (κ1) is 15.0. The summed E-state index contributed by atoms with van der Waals surface area (Å²) < 4.78 is 15.6. The van der Waals surface area contributed by atoms with Gasteiger partial charge in [0, 0.05) is 11.8 Å². The summed E-state index contributed by atoms with van der Waals surface area (Å²) in [6.45, 7) is 2.13. The van der Waals surface area contributed by atoms with Crippen molar-refractivity contribution in [2.45, 2.75) is 13.0 Å². The lowest BCUT2D eigenvalue weighted by Crippen LogP contribution is -2.31. The van der Waals surface area contributed by atoms with Gasteiger partial charge in [0.25, 0.3) is 0 Å². The van der Waals surface area contributed by atoms with Crippen molar-refractivity contribution in [3.8, 4) is 17.2 Å². The Labute approximate surface area is 134 Å². The van der Waals surface area contributed by atoms with Gasteiger partial charge < -0.3 is 24.8 Å². The van der Waals surface area contributed by atoms with Crippen LogP contribution >= 0.6 is 0 Å². The minimum atomic E-state index is -0.285. The average molecular weight is 314 g/mol. The predicted octanol–water partition coefficient (Wildman–Crippen LogP) is 3.31. The molecule has 3 rings (SSSR count). The van der Waals surface area contributed by atoms with Crippen LogP contribution in [-0.4, -0.2) is 19.9 Å². The van der Waals surface area contributed by atoms with E-state index in [-0.39, 0.29) is 18.9 Å². The lowest BCUT2D eigenvalue weighted by molar-refractivity contribution is 0.174. The van der Waals surface area contributed by atoms with Crippen molar-refractivity contribution in [1.82, 2.24) is 5.32 Å². The molecule has 0 saturated carbocycles. The van der Waals surface area contributed by atoms with E-state index in [9.17, 15) is 4.79 Å². The monoisotopic (exact) mass is 314 g/mol. The molecule has 2 amide bonds. The zero-order valence-electron chi connectivity index (χ0n) is 13.0. The molecule has 2 N–H and O–H groups in total. The number of benzene rings is 2. The van der Waals surface area contributed by atoms with Crippen LogP contribution in [0.3, 0.4) is 0 Å². The Morgan fingerprint density at radius 1 is 1.13 bits per heavy atom. The number of ether oxygens (including phenoxy) is 3. The normalized spacial score (nSPS) is 13.3. The second kappa shape index (κ2) is 6.48. The van der Waals surface area contributed by atoms with E-state index in [1.807, 2.05) is 31.2 Å². The van der Waals surface area contributed by atoms with Gasteiger partial charge in [0.15, 0.2) is 11.5 Å². The molecule has 1 aliphatic heterocycles. The van der Waals surface area contributed by atoms with E-state index in [4.69, 9.17) is 14.2 Å². The number of carbonyl (C=O) groups excluding carboxylic acids is 1. The van der Waals surface area contributed by atoms with Gasteiger partial charge in [0.05, 0.1) is 13.2 Å². The van der Waals surface area contributed by atoms with Crippen LogP contribution in [-0.2, 0) is 0 Å². The minimum Gasteiger partial charge on any atom is -0.497 e. The number of hydrogen-bond donors (Lipinski definition) is 2. The summed E-state index contributed by atoms with van der Waals surface area (Å²) in [4.78, 5) is 12.1. The Bertz CT molecular complexity index is 700. The molecule has 1 heterocycles. The molecule has 0 saturated heterocycles. The van der Waals surface area contributed by atoms with Crippen molar-refractivity contribution in [3.05, 3.63) is 48.0 Å². The number of urea groups is 1. The molecular formula is C17H18N2O4. The number of rotatable bonds is 4. The van der Waals surface area contributed by atoms with Crippen LogP contribution < -0.4 is 24.8 Å². The lowest BCUT2D eigenvalue weighted by Gasteiger charge is -2.15. The third kappa shape index (κ3) is 3.48. The molecule has 23 heavy (non-hydrogen) atoms. The fraction of sp³-hybridized carbons (Fsp3) is 0.235. The number of methoxy groups -OCH3 is 1. The van der Waals surface area contributed by atoms with E-state index < -0.39 is 0 Å². The van der Waals surface area contributed by atoms with Gasteiger partial charge in [-0.2, -0.15) is 0 Å². The van der Waals surface area contributed by atoms with Crippen LogP contribution in [0.5, 0.6) is 17.2 Å². The molecule has 1 aliphatic rings. The molecule has 6 heteroatoms. The SMILES string of the molecule is COc1ccc(C(C)NC(=O)Nc2ccc3c(c2)OCO3)cc1. The van der Waals surface area contributed by atoms with Crippen molar-refractivity contribution >= 4 is 11.7 Å². The second-order valence-corrected chi connectivity index (χ2v) is 5.16. The first-order valence-corrected chi connectivity index (χ1v) is 7.27. The molecule has 0 aromatic heterocycles. The molecule has 0 fully saturated rings. The van der Waals surface area contributed by atoms with E-state index in [1.54, 1.807) is 25.3 Å². The summed E-state index contributed by atoms with van der Waals surface area (Å²) in [6, 6.07) is 12.4. The molecule has 0 bridgehead atoms. The molecule has 2 aromatic carbocycles. The first-order chi connectivity index (χ1) is 11.2. The van der Waals surface area contributed by atoms with Crippen LogP contribution in [0.25, 0.3) is 0 Å². The number of anilines is 1. The number of fused-ring (bicyclic) bond motifs is 1. The van der Waals surface area contributed by atoms with E-state index >= 15 is 0 Å². The van der Waals surface area contributed by atoms with Crippen LogP contribution in [0.4, 0.5) is 10.5 Å². The smallest absolute Gasteiger partial charge is 0.319 e. The maximum atomic E-state index is 12.1. The van der Waals surface area contributed by atoms with Gasteiger partial charge in [0.1, 0.15) is 5.75 Å². The number of hydrogen-bond acceptors (Lipinski definition) is 4. The Morgan fingerprint density at radius 3 is 2.61 bits per heavy atom. The third-order valence-corrected chi connectivity index (χ3v) is 3.59. The summed E-state index contributed by atoms with van der Waals surface area (Å²) in [5, 5.41) is 5.67. The third-order valence-electron chi connectivity index (χ3n) is 3.59. The van der Waals surface area contributed by atoms with Gasteiger partial charge in [-0.3, -0.25) is 0 Å². The fourth-order valence-corrected chi connectivity index (χ4v) is 2.31. The second-order valence-electron chi connectivity index (χ2n) is 5.16. The highest BCUT2D eigenvalue weighted by Crippen LogP contribution is 2.34. The molecule has 1 atom stereocenters. The van der Waals surface area contributed by atoms with Crippen LogP contribution in [0.1, 0.15) is 18.5 Å². The zero-order valence-corrected chi connectivity index (χ0v) is 13.0. The molecule has 1 unspecified atom stereocenters. The maximum absolute atomic E-state index is 12.1. The van der Waals surface area contributed by atoms with Gasteiger partial charge in [-0.1, -0.05) is 12.1 Å². The number of carbonyl (C=O) groups is 1. The molecule has 0 spiro atoms. The van der Waals surface area contributed by atoms with Crippen molar-refractivity contribution < 1.29 is 19.0 Å². The van der Waals surface area contributed by atoms with Crippen molar-refractivity contribution in [2.75, 3.05) is 19.2 Å². The highest BCUT2D eigenvalue weighted by Gasteiger charge is 2.15. The van der Waals surface area contributed by atoms with E-state index in [0.717, 1.165) is 11.3 Å². The van der Waals surface area contributed by atoms with Gasteiger partial charge in [0.2, 0.25) is 6.79 Å². The summed E-state index contributed by atoms with van der Waals surface area (Å²) in [5.74, 6) is 2.10. The Balaban J connectivity index is 1.60. The van der Waals surface area contributed by atoms with E-state index in [2.05, 4.69) is 10.6 Å². The van der Waals surface area contributed by atoms with Gasteiger partial charge in [-0.15, -0.1) is 0 Å².